The summed E-state index contributed by atoms with van der Waals surface area (Å²) in [7, 11) is 1.54. The molecule has 1 heterocycles. The molecule has 2 N–H and O–H groups in total. The number of benzene rings is 2. The van der Waals surface area contributed by atoms with Gasteiger partial charge in [0.25, 0.3) is 11.8 Å². The van der Waals surface area contributed by atoms with Crippen molar-refractivity contribution in [2.75, 3.05) is 38.7 Å². The summed E-state index contributed by atoms with van der Waals surface area (Å²) in [5, 5.41) is 5.53. The zero-order valence-corrected chi connectivity index (χ0v) is 17.7. The Labute approximate surface area is 184 Å². The number of amides is 3. The summed E-state index contributed by atoms with van der Waals surface area (Å²) in [5.74, 6) is -3.11. The molecule has 0 saturated carbocycles. The zero-order chi connectivity index (χ0) is 23.1. The first-order valence-electron chi connectivity index (χ1n) is 10.3. The molecule has 0 spiro atoms. The van der Waals surface area contributed by atoms with Crippen molar-refractivity contribution in [2.45, 2.75) is 12.8 Å². The number of ether oxygens (including phenoxy) is 1. The van der Waals surface area contributed by atoms with Crippen LogP contribution in [-0.4, -0.2) is 56.0 Å². The minimum Gasteiger partial charge on any atom is -0.383 e. The number of hydrogen-bond acceptors (Lipinski definition) is 4. The number of nitrogens with zero attached hydrogens (tertiary/aromatic N) is 1. The monoisotopic (exact) mass is 445 g/mol. The summed E-state index contributed by atoms with van der Waals surface area (Å²) in [6, 6.07) is 9.55. The van der Waals surface area contributed by atoms with Gasteiger partial charge in [0.1, 0.15) is 11.6 Å². The van der Waals surface area contributed by atoms with Crippen LogP contribution in [0.2, 0.25) is 0 Å². The molecule has 0 unspecified atom stereocenters. The van der Waals surface area contributed by atoms with Crippen LogP contribution in [0.3, 0.4) is 0 Å². The van der Waals surface area contributed by atoms with Gasteiger partial charge in [-0.1, -0.05) is 12.1 Å². The summed E-state index contributed by atoms with van der Waals surface area (Å²) >= 11 is 0. The first-order valence-corrected chi connectivity index (χ1v) is 10.3. The maximum Gasteiger partial charge on any atom is 0.256 e. The Morgan fingerprint density at radius 3 is 2.47 bits per heavy atom. The number of carbonyl (C=O) groups excluding carboxylic acids is 3. The molecule has 0 atom stereocenters. The number of rotatable bonds is 7. The Morgan fingerprint density at radius 1 is 1.06 bits per heavy atom. The number of para-hydroxylation sites is 1. The number of piperidine rings is 1. The van der Waals surface area contributed by atoms with E-state index in [2.05, 4.69) is 10.6 Å². The predicted octanol–water partition coefficient (Wildman–Crippen LogP) is 2.83. The molecule has 0 bridgehead atoms. The molecule has 1 fully saturated rings. The lowest BCUT2D eigenvalue weighted by Crippen LogP contribution is -2.41. The molecule has 1 saturated heterocycles. The molecule has 7 nitrogen and oxygen atoms in total. The Morgan fingerprint density at radius 2 is 1.78 bits per heavy atom. The molecule has 1 aliphatic rings. The van der Waals surface area contributed by atoms with E-state index >= 15 is 0 Å². The van der Waals surface area contributed by atoms with Crippen LogP contribution < -0.4 is 10.6 Å². The lowest BCUT2D eigenvalue weighted by Gasteiger charge is -2.31. The fourth-order valence-corrected chi connectivity index (χ4v) is 3.56. The minimum atomic E-state index is -0.907. The zero-order valence-electron chi connectivity index (χ0n) is 17.7. The van der Waals surface area contributed by atoms with Gasteiger partial charge < -0.3 is 20.3 Å². The molecule has 2 aromatic rings. The van der Waals surface area contributed by atoms with Crippen LogP contribution in [0.4, 0.5) is 14.5 Å². The van der Waals surface area contributed by atoms with Gasteiger partial charge in [0.2, 0.25) is 5.91 Å². The van der Waals surface area contributed by atoms with Crippen molar-refractivity contribution in [2.24, 2.45) is 5.92 Å². The number of carbonyl (C=O) groups is 3. The van der Waals surface area contributed by atoms with Gasteiger partial charge in [-0.15, -0.1) is 0 Å². The fraction of sp³-hybridized carbons (Fsp3) is 0.348. The van der Waals surface area contributed by atoms with Gasteiger partial charge in [-0.2, -0.15) is 0 Å². The number of nitrogens with one attached hydrogen (secondary N) is 2. The van der Waals surface area contributed by atoms with E-state index < -0.39 is 17.5 Å². The SMILES string of the molecule is COCCNC(=O)c1ccccc1NC(=O)C1CCN(C(=O)c2ccc(F)cc2F)CC1. The summed E-state index contributed by atoms with van der Waals surface area (Å²) in [5.41, 5.74) is 0.554. The average molecular weight is 445 g/mol. The first-order chi connectivity index (χ1) is 15.4. The number of likely N-dealkylation sites (tertiary alicyclic amines) is 1. The molecule has 0 aliphatic carbocycles. The standard InChI is InChI=1S/C23H25F2N3O4/c1-32-13-10-26-22(30)18-4-2-3-5-20(18)27-21(29)15-8-11-28(12-9-15)23(31)17-7-6-16(24)14-19(17)25/h2-7,14-15H,8-13H2,1H3,(H,26,30)(H,27,29). The summed E-state index contributed by atoms with van der Waals surface area (Å²) in [6.45, 7) is 1.26. The van der Waals surface area contributed by atoms with Crippen molar-refractivity contribution >= 4 is 23.4 Å². The summed E-state index contributed by atoms with van der Waals surface area (Å²) in [4.78, 5) is 39.1. The van der Waals surface area contributed by atoms with Crippen molar-refractivity contribution < 1.29 is 27.9 Å². The van der Waals surface area contributed by atoms with Crippen molar-refractivity contribution in [1.29, 1.82) is 0 Å². The van der Waals surface area contributed by atoms with Gasteiger partial charge in [-0.25, -0.2) is 8.78 Å². The second-order valence-electron chi connectivity index (χ2n) is 7.47. The van der Waals surface area contributed by atoms with E-state index in [4.69, 9.17) is 4.74 Å². The maximum atomic E-state index is 13.9. The topological polar surface area (TPSA) is 87.7 Å². The number of halogens is 2. The average Bonchev–Trinajstić information content (AvgIpc) is 2.79. The lowest BCUT2D eigenvalue weighted by molar-refractivity contribution is -0.121. The molecule has 0 aromatic heterocycles. The van der Waals surface area contributed by atoms with Crippen LogP contribution in [-0.2, 0) is 9.53 Å². The number of hydrogen-bond donors (Lipinski definition) is 2. The number of anilines is 1. The van der Waals surface area contributed by atoms with Crippen molar-refractivity contribution in [1.82, 2.24) is 10.2 Å². The Bertz CT molecular complexity index is 991. The van der Waals surface area contributed by atoms with Crippen molar-refractivity contribution in [3.05, 3.63) is 65.2 Å². The third kappa shape index (κ3) is 5.67. The molecule has 0 radical (unpaired) electrons. The summed E-state index contributed by atoms with van der Waals surface area (Å²) in [6.07, 6.45) is 0.783. The van der Waals surface area contributed by atoms with Crippen LogP contribution in [0, 0.1) is 17.6 Å². The molecule has 170 valence electrons. The third-order valence-electron chi connectivity index (χ3n) is 5.34. The minimum absolute atomic E-state index is 0.192. The van der Waals surface area contributed by atoms with Gasteiger partial charge in [-0.3, -0.25) is 14.4 Å². The van der Waals surface area contributed by atoms with E-state index in [-0.39, 0.29) is 36.4 Å². The van der Waals surface area contributed by atoms with Gasteiger partial charge >= 0.3 is 0 Å². The molecule has 3 rings (SSSR count). The summed E-state index contributed by atoms with van der Waals surface area (Å²) < 4.78 is 31.9. The maximum absolute atomic E-state index is 13.9. The molecule has 32 heavy (non-hydrogen) atoms. The van der Waals surface area contributed by atoms with E-state index in [0.717, 1.165) is 12.1 Å². The first kappa shape index (κ1) is 23.3. The van der Waals surface area contributed by atoms with E-state index in [0.29, 0.717) is 43.3 Å². The smallest absolute Gasteiger partial charge is 0.256 e. The number of methoxy groups -OCH3 is 1. The second-order valence-corrected chi connectivity index (χ2v) is 7.47. The quantitative estimate of drug-likeness (QED) is 0.642. The van der Waals surface area contributed by atoms with Gasteiger partial charge in [-0.05, 0) is 37.1 Å². The van der Waals surface area contributed by atoms with Gasteiger partial charge in [0.05, 0.1) is 23.4 Å². The second kappa shape index (κ2) is 10.8. The van der Waals surface area contributed by atoms with Gasteiger partial charge in [0, 0.05) is 38.7 Å². The highest BCUT2D eigenvalue weighted by molar-refractivity contribution is 6.04. The molecule has 1 aliphatic heterocycles. The van der Waals surface area contributed by atoms with E-state index in [1.807, 2.05) is 0 Å². The molecular formula is C23H25F2N3O4. The molecule has 9 heteroatoms. The largest absolute Gasteiger partial charge is 0.383 e. The Hall–Kier alpha value is -3.33. The van der Waals surface area contributed by atoms with Crippen molar-refractivity contribution in [3.8, 4) is 0 Å². The lowest BCUT2D eigenvalue weighted by atomic mass is 9.95. The molecule has 2 aromatic carbocycles. The van der Waals surface area contributed by atoms with Crippen LogP contribution in [0.5, 0.6) is 0 Å². The van der Waals surface area contributed by atoms with E-state index in [1.54, 1.807) is 24.3 Å². The van der Waals surface area contributed by atoms with Crippen LogP contribution in [0.15, 0.2) is 42.5 Å². The third-order valence-corrected chi connectivity index (χ3v) is 5.34. The Balaban J connectivity index is 1.58. The predicted molar refractivity (Wildman–Crippen MR) is 114 cm³/mol. The highest BCUT2D eigenvalue weighted by Gasteiger charge is 2.29. The van der Waals surface area contributed by atoms with Crippen LogP contribution in [0.25, 0.3) is 0 Å². The van der Waals surface area contributed by atoms with Crippen LogP contribution in [0.1, 0.15) is 33.6 Å². The highest BCUT2D eigenvalue weighted by Crippen LogP contribution is 2.23. The van der Waals surface area contributed by atoms with Crippen molar-refractivity contribution in [3.63, 3.8) is 0 Å². The van der Waals surface area contributed by atoms with Gasteiger partial charge in [0.15, 0.2) is 0 Å². The van der Waals surface area contributed by atoms with E-state index in [1.165, 1.54) is 12.0 Å². The van der Waals surface area contributed by atoms with Crippen LogP contribution >= 0.6 is 0 Å². The highest BCUT2D eigenvalue weighted by atomic mass is 19.1. The fourth-order valence-electron chi connectivity index (χ4n) is 3.56. The normalized spacial score (nSPS) is 14.2. The molecular weight excluding hydrogens is 420 g/mol. The van der Waals surface area contributed by atoms with E-state index in [9.17, 15) is 23.2 Å². The Kier molecular flexibility index (Phi) is 7.88. The molecule has 3 amide bonds.